The number of amides is 1. The SMILES string of the molecule is O=C(O)CN1CCN(CC(=O)O)CCN(CC(=O)NCCc2cn(CC(O)(P(=O)(O)O)P(=O)(O)O)cn2)CCN(CC(=O)O)CC1. The second kappa shape index (κ2) is 17.4. The molecule has 1 aliphatic heterocycles. The van der Waals surface area contributed by atoms with E-state index >= 15 is 0 Å². The van der Waals surface area contributed by atoms with Crippen molar-refractivity contribution in [2.45, 2.75) is 18.0 Å². The van der Waals surface area contributed by atoms with Gasteiger partial charge in [0, 0.05) is 71.5 Å². The Labute approximate surface area is 263 Å². The van der Waals surface area contributed by atoms with Crippen LogP contribution in [0.25, 0.3) is 0 Å². The third-order valence-electron chi connectivity index (χ3n) is 7.09. The van der Waals surface area contributed by atoms with Crippen molar-refractivity contribution in [3.05, 3.63) is 18.2 Å². The van der Waals surface area contributed by atoms with E-state index in [2.05, 4.69) is 10.3 Å². The van der Waals surface area contributed by atoms with Crippen molar-refractivity contribution in [1.82, 2.24) is 34.5 Å². The van der Waals surface area contributed by atoms with Crippen LogP contribution in [0.2, 0.25) is 0 Å². The van der Waals surface area contributed by atoms with E-state index in [0.29, 0.717) is 0 Å². The Morgan fingerprint density at radius 3 is 1.43 bits per heavy atom. The van der Waals surface area contributed by atoms with Gasteiger partial charge < -0.3 is 49.9 Å². The Balaban J connectivity index is 2.03. The number of hydrogen-bond acceptors (Lipinski definition) is 12. The average molecular weight is 702 g/mol. The van der Waals surface area contributed by atoms with Gasteiger partial charge in [0.2, 0.25) is 5.91 Å². The van der Waals surface area contributed by atoms with E-state index < -0.39 is 50.6 Å². The molecule has 2 heterocycles. The lowest BCUT2D eigenvalue weighted by Gasteiger charge is -2.32. The van der Waals surface area contributed by atoms with Gasteiger partial charge in [0.1, 0.15) is 0 Å². The van der Waals surface area contributed by atoms with E-state index in [1.165, 1.54) is 6.20 Å². The van der Waals surface area contributed by atoms with Crippen LogP contribution in [0, 0.1) is 0 Å². The molecule has 0 bridgehead atoms. The predicted octanol–water partition coefficient (Wildman–Crippen LogP) is -3.98. The number of carboxylic acids is 3. The summed E-state index contributed by atoms with van der Waals surface area (Å²) in [5.41, 5.74) is 0.274. The number of nitrogens with one attached hydrogen (secondary N) is 1. The fourth-order valence-corrected chi connectivity index (χ4v) is 6.65. The standard InChI is InChI=1S/C23H41N7O14P2/c31-19(24-2-1-18-11-30(17-25-18)16-23(38,45(39,40)41)46(42,43)44)12-26-3-5-27(13-20(32)33)7-9-29(15-22(36)37)10-8-28(6-4-26)14-21(34)35/h11,17,38H,1-10,12-16H2,(H,24,31)(H,32,33)(H,34,35)(H,36,37)(H2,39,40,41)(H2,42,43,44). The highest BCUT2D eigenvalue weighted by Crippen LogP contribution is 2.68. The number of carboxylic acid groups (broad SMARTS) is 3. The van der Waals surface area contributed by atoms with Gasteiger partial charge in [-0.1, -0.05) is 0 Å². The molecular weight excluding hydrogens is 660 g/mol. The first-order valence-corrected chi connectivity index (χ1v) is 17.2. The van der Waals surface area contributed by atoms with Crippen LogP contribution in [0.1, 0.15) is 5.69 Å². The zero-order valence-corrected chi connectivity index (χ0v) is 26.7. The maximum atomic E-state index is 12.8. The molecule has 0 aliphatic carbocycles. The Morgan fingerprint density at radius 1 is 0.717 bits per heavy atom. The molecule has 9 N–H and O–H groups in total. The van der Waals surface area contributed by atoms with Gasteiger partial charge in [0.15, 0.2) is 0 Å². The third-order valence-corrected chi connectivity index (χ3v) is 10.8. The monoisotopic (exact) mass is 701 g/mol. The van der Waals surface area contributed by atoms with Crippen molar-refractivity contribution >= 4 is 39.0 Å². The molecular formula is C23H41N7O14P2. The maximum Gasteiger partial charge on any atom is 0.371 e. The van der Waals surface area contributed by atoms with Gasteiger partial charge in [-0.3, -0.25) is 47.9 Å². The van der Waals surface area contributed by atoms with E-state index in [-0.39, 0.29) is 97.2 Å². The van der Waals surface area contributed by atoms with Gasteiger partial charge in [-0.25, -0.2) is 4.98 Å². The molecule has 0 aromatic carbocycles. The van der Waals surface area contributed by atoms with Crippen LogP contribution in [0.5, 0.6) is 0 Å². The van der Waals surface area contributed by atoms with Crippen LogP contribution in [-0.2, 0) is 41.3 Å². The second-order valence-corrected chi connectivity index (χ2v) is 14.8. The molecule has 46 heavy (non-hydrogen) atoms. The number of aliphatic hydroxyl groups is 1. The average Bonchev–Trinajstić information content (AvgIpc) is 3.34. The molecule has 0 radical (unpaired) electrons. The quantitative estimate of drug-likeness (QED) is 0.0787. The summed E-state index contributed by atoms with van der Waals surface area (Å²) in [6.07, 6.45) is 2.32. The number of nitrogens with zero attached hydrogens (tertiary/aromatic N) is 6. The fourth-order valence-electron chi connectivity index (χ4n) is 4.59. The Kier molecular flexibility index (Phi) is 14.9. The molecule has 0 saturated carbocycles. The van der Waals surface area contributed by atoms with E-state index in [1.54, 1.807) is 19.6 Å². The van der Waals surface area contributed by atoms with Crippen LogP contribution in [0.15, 0.2) is 12.5 Å². The van der Waals surface area contributed by atoms with Crippen molar-refractivity contribution in [2.24, 2.45) is 0 Å². The first-order valence-electron chi connectivity index (χ1n) is 13.9. The molecule has 1 amide bonds. The van der Waals surface area contributed by atoms with E-state index in [1.807, 2.05) is 0 Å². The summed E-state index contributed by atoms with van der Waals surface area (Å²) in [6, 6.07) is 0. The highest BCUT2D eigenvalue weighted by molar-refractivity contribution is 7.72. The van der Waals surface area contributed by atoms with Crippen LogP contribution in [0.4, 0.5) is 0 Å². The van der Waals surface area contributed by atoms with Crippen LogP contribution >= 0.6 is 15.2 Å². The van der Waals surface area contributed by atoms with Crippen LogP contribution in [0.3, 0.4) is 0 Å². The largest absolute Gasteiger partial charge is 0.480 e. The number of aromatic nitrogens is 2. The zero-order chi connectivity index (χ0) is 34.7. The molecule has 262 valence electrons. The lowest BCUT2D eigenvalue weighted by Crippen LogP contribution is -2.49. The highest BCUT2D eigenvalue weighted by Gasteiger charge is 2.59. The van der Waals surface area contributed by atoms with E-state index in [0.717, 1.165) is 10.9 Å². The topological polar surface area (TPSA) is 307 Å². The third kappa shape index (κ3) is 13.1. The lowest BCUT2D eigenvalue weighted by molar-refractivity contribution is -0.140. The zero-order valence-electron chi connectivity index (χ0n) is 24.9. The summed E-state index contributed by atoms with van der Waals surface area (Å²) in [7, 11) is -11.3. The van der Waals surface area contributed by atoms with Gasteiger partial charge in [-0.2, -0.15) is 0 Å². The fraction of sp³-hybridized carbons (Fsp3) is 0.696. The van der Waals surface area contributed by atoms with Gasteiger partial charge in [-0.05, 0) is 0 Å². The maximum absolute atomic E-state index is 12.8. The number of imidazole rings is 1. The molecule has 1 aromatic heterocycles. The second-order valence-electron chi connectivity index (χ2n) is 10.8. The summed E-state index contributed by atoms with van der Waals surface area (Å²) in [5.74, 6) is -3.65. The molecule has 1 aromatic rings. The Hall–Kier alpha value is -2.81. The van der Waals surface area contributed by atoms with Gasteiger partial charge in [0.05, 0.1) is 44.7 Å². The minimum Gasteiger partial charge on any atom is -0.480 e. The van der Waals surface area contributed by atoms with Crippen molar-refractivity contribution in [1.29, 1.82) is 0 Å². The van der Waals surface area contributed by atoms with Gasteiger partial charge >= 0.3 is 33.1 Å². The van der Waals surface area contributed by atoms with Gasteiger partial charge in [0.25, 0.3) is 5.08 Å². The Bertz CT molecular complexity index is 1250. The predicted molar refractivity (Wildman–Crippen MR) is 157 cm³/mol. The molecule has 23 heteroatoms. The first kappa shape index (κ1) is 39.4. The van der Waals surface area contributed by atoms with Crippen LogP contribution < -0.4 is 5.32 Å². The Morgan fingerprint density at radius 2 is 1.09 bits per heavy atom. The summed E-state index contributed by atoms with van der Waals surface area (Å²) in [5, 5.41) is 37.0. The lowest BCUT2D eigenvalue weighted by atomic mass is 10.3. The number of rotatable bonds is 15. The highest BCUT2D eigenvalue weighted by atomic mass is 31.2. The number of carbonyl (C=O) groups excluding carboxylic acids is 1. The molecule has 0 atom stereocenters. The van der Waals surface area contributed by atoms with Crippen molar-refractivity contribution in [3.63, 3.8) is 0 Å². The number of aliphatic carboxylic acids is 3. The summed E-state index contributed by atoms with van der Waals surface area (Å²) in [6.45, 7) is -0.281. The minimum absolute atomic E-state index is 0.0423. The van der Waals surface area contributed by atoms with Crippen LogP contribution in [-0.4, -0.2) is 183 Å². The van der Waals surface area contributed by atoms with Crippen molar-refractivity contribution in [2.75, 3.05) is 85.1 Å². The molecule has 21 nitrogen and oxygen atoms in total. The first-order chi connectivity index (χ1) is 21.3. The molecule has 0 spiro atoms. The van der Waals surface area contributed by atoms with Crippen molar-refractivity contribution < 1.29 is 68.3 Å². The van der Waals surface area contributed by atoms with Gasteiger partial charge in [-0.15, -0.1) is 0 Å². The summed E-state index contributed by atoms with van der Waals surface area (Å²) < 4.78 is 24.1. The molecule has 0 unspecified atom stereocenters. The molecule has 1 fully saturated rings. The summed E-state index contributed by atoms with van der Waals surface area (Å²) in [4.78, 5) is 94.8. The van der Waals surface area contributed by atoms with E-state index in [9.17, 15) is 68.3 Å². The molecule has 1 saturated heterocycles. The summed E-state index contributed by atoms with van der Waals surface area (Å²) >= 11 is 0. The number of carbonyl (C=O) groups is 4. The van der Waals surface area contributed by atoms with E-state index in [4.69, 9.17) is 0 Å². The van der Waals surface area contributed by atoms with Crippen molar-refractivity contribution in [3.8, 4) is 0 Å². The smallest absolute Gasteiger partial charge is 0.371 e. The minimum atomic E-state index is -5.67. The number of hydrogen-bond donors (Lipinski definition) is 9. The molecule has 2 rings (SSSR count). The molecule has 1 aliphatic rings. The normalized spacial score (nSPS) is 17.6.